The summed E-state index contributed by atoms with van der Waals surface area (Å²) in [6.45, 7) is 5.81. The van der Waals surface area contributed by atoms with Gasteiger partial charge >= 0.3 is 0 Å². The van der Waals surface area contributed by atoms with Crippen LogP contribution in [0.2, 0.25) is 0 Å². The number of hydrogen-bond acceptors (Lipinski definition) is 4. The van der Waals surface area contributed by atoms with Crippen molar-refractivity contribution in [3.05, 3.63) is 60.2 Å². The number of benzene rings is 2. The van der Waals surface area contributed by atoms with Crippen molar-refractivity contribution in [3.8, 4) is 5.75 Å². The number of piperazine rings is 1. The van der Waals surface area contributed by atoms with E-state index in [1.165, 1.54) is 11.3 Å². The third-order valence-electron chi connectivity index (χ3n) is 4.84. The van der Waals surface area contributed by atoms with Crippen LogP contribution in [0.25, 0.3) is 0 Å². The molecule has 2 aromatic carbocycles. The van der Waals surface area contributed by atoms with Gasteiger partial charge in [0.15, 0.2) is 5.96 Å². The van der Waals surface area contributed by atoms with E-state index in [9.17, 15) is 0 Å². The fourth-order valence-corrected chi connectivity index (χ4v) is 3.28. The van der Waals surface area contributed by atoms with Crippen LogP contribution >= 0.6 is 0 Å². The Hall–Kier alpha value is -2.73. The lowest BCUT2D eigenvalue weighted by Gasteiger charge is -2.37. The second-order valence-corrected chi connectivity index (χ2v) is 6.70. The number of nitrogens with one attached hydrogen (secondary N) is 1. The summed E-state index contributed by atoms with van der Waals surface area (Å²) >= 11 is 0. The van der Waals surface area contributed by atoms with Gasteiger partial charge in [-0.25, -0.2) is 0 Å². The number of rotatable bonds is 7. The molecule has 0 atom stereocenters. The van der Waals surface area contributed by atoms with Gasteiger partial charge in [-0.15, -0.1) is 0 Å². The predicted octanol–water partition coefficient (Wildman–Crippen LogP) is 2.61. The molecular formula is C22H30N4O2. The first-order valence-corrected chi connectivity index (χ1v) is 9.76. The van der Waals surface area contributed by atoms with Gasteiger partial charge in [0.2, 0.25) is 0 Å². The van der Waals surface area contributed by atoms with Crippen molar-refractivity contribution in [1.82, 2.24) is 10.2 Å². The quantitative estimate of drug-likeness (QED) is 0.453. The van der Waals surface area contributed by atoms with E-state index in [0.29, 0.717) is 13.2 Å². The van der Waals surface area contributed by atoms with Crippen molar-refractivity contribution < 1.29 is 9.47 Å². The van der Waals surface area contributed by atoms with Crippen LogP contribution < -0.4 is 15.0 Å². The zero-order valence-electron chi connectivity index (χ0n) is 16.8. The second-order valence-electron chi connectivity index (χ2n) is 6.70. The van der Waals surface area contributed by atoms with E-state index in [-0.39, 0.29) is 0 Å². The van der Waals surface area contributed by atoms with Crippen LogP contribution in [0.4, 0.5) is 5.69 Å². The zero-order chi connectivity index (χ0) is 19.6. The Balaban J connectivity index is 1.46. The lowest BCUT2D eigenvalue weighted by atomic mass is 10.2. The summed E-state index contributed by atoms with van der Waals surface area (Å²) in [4.78, 5) is 9.21. The van der Waals surface area contributed by atoms with Crippen molar-refractivity contribution in [2.45, 2.75) is 6.54 Å². The monoisotopic (exact) mass is 382 g/mol. The standard InChI is InChI=1S/C22H30N4O2/c1-23-22(24-18-19-8-10-21(11-9-19)28-17-16-27-2)26-14-12-25(13-15-26)20-6-4-3-5-7-20/h3-11H,12-18H2,1-2H3,(H,23,24). The average Bonchev–Trinajstić information content (AvgIpc) is 2.76. The van der Waals surface area contributed by atoms with Crippen molar-refractivity contribution in [2.75, 3.05) is 58.5 Å². The first-order chi connectivity index (χ1) is 13.8. The predicted molar refractivity (Wildman–Crippen MR) is 114 cm³/mol. The minimum Gasteiger partial charge on any atom is -0.491 e. The molecule has 0 aliphatic carbocycles. The molecular weight excluding hydrogens is 352 g/mol. The smallest absolute Gasteiger partial charge is 0.194 e. The maximum absolute atomic E-state index is 5.61. The van der Waals surface area contributed by atoms with Gasteiger partial charge in [-0.1, -0.05) is 30.3 Å². The van der Waals surface area contributed by atoms with Gasteiger partial charge in [0, 0.05) is 52.6 Å². The molecule has 1 aliphatic heterocycles. The van der Waals surface area contributed by atoms with E-state index in [1.807, 2.05) is 19.2 Å². The number of guanidine groups is 1. The molecule has 0 aromatic heterocycles. The van der Waals surface area contributed by atoms with Gasteiger partial charge < -0.3 is 24.6 Å². The molecule has 1 aliphatic rings. The van der Waals surface area contributed by atoms with Gasteiger partial charge in [0.1, 0.15) is 12.4 Å². The van der Waals surface area contributed by atoms with Gasteiger partial charge in [-0.05, 0) is 29.8 Å². The van der Waals surface area contributed by atoms with Crippen LogP contribution in [0.5, 0.6) is 5.75 Å². The fraction of sp³-hybridized carbons (Fsp3) is 0.409. The summed E-state index contributed by atoms with van der Waals surface area (Å²) in [7, 11) is 3.52. The number of nitrogens with zero attached hydrogens (tertiary/aromatic N) is 3. The van der Waals surface area contributed by atoms with Crippen molar-refractivity contribution in [2.24, 2.45) is 4.99 Å². The molecule has 1 N–H and O–H groups in total. The highest BCUT2D eigenvalue weighted by molar-refractivity contribution is 5.80. The van der Waals surface area contributed by atoms with E-state index in [4.69, 9.17) is 9.47 Å². The highest BCUT2D eigenvalue weighted by atomic mass is 16.5. The Kier molecular flexibility index (Phi) is 7.55. The van der Waals surface area contributed by atoms with E-state index in [2.05, 4.69) is 62.6 Å². The SMILES string of the molecule is CN=C(NCc1ccc(OCCOC)cc1)N1CCN(c2ccccc2)CC1. The summed E-state index contributed by atoms with van der Waals surface area (Å²) in [5.41, 5.74) is 2.49. The molecule has 6 heteroatoms. The van der Waals surface area contributed by atoms with Gasteiger partial charge in [-0.2, -0.15) is 0 Å². The molecule has 150 valence electrons. The maximum atomic E-state index is 5.61. The van der Waals surface area contributed by atoms with Crippen LogP contribution in [0.1, 0.15) is 5.56 Å². The lowest BCUT2D eigenvalue weighted by molar-refractivity contribution is 0.146. The third-order valence-corrected chi connectivity index (χ3v) is 4.84. The van der Waals surface area contributed by atoms with Crippen LogP contribution in [-0.2, 0) is 11.3 Å². The summed E-state index contributed by atoms with van der Waals surface area (Å²) in [5.74, 6) is 1.82. The van der Waals surface area contributed by atoms with E-state index >= 15 is 0 Å². The summed E-state index contributed by atoms with van der Waals surface area (Å²) < 4.78 is 10.6. The zero-order valence-corrected chi connectivity index (χ0v) is 16.8. The Labute approximate surface area is 167 Å². The van der Waals surface area contributed by atoms with Gasteiger partial charge in [0.25, 0.3) is 0 Å². The number of aliphatic imine (C=N–C) groups is 1. The van der Waals surface area contributed by atoms with E-state index in [0.717, 1.165) is 44.4 Å². The largest absolute Gasteiger partial charge is 0.491 e. The molecule has 6 nitrogen and oxygen atoms in total. The molecule has 1 heterocycles. The highest BCUT2D eigenvalue weighted by Gasteiger charge is 2.19. The number of ether oxygens (including phenoxy) is 2. The van der Waals surface area contributed by atoms with E-state index < -0.39 is 0 Å². The second kappa shape index (κ2) is 10.6. The topological polar surface area (TPSA) is 49.3 Å². The normalized spacial score (nSPS) is 14.9. The molecule has 0 saturated carbocycles. The van der Waals surface area contributed by atoms with Gasteiger partial charge in [-0.3, -0.25) is 4.99 Å². The highest BCUT2D eigenvalue weighted by Crippen LogP contribution is 2.16. The molecule has 0 unspecified atom stereocenters. The lowest BCUT2D eigenvalue weighted by Crippen LogP contribution is -2.52. The van der Waals surface area contributed by atoms with Crippen LogP contribution in [0.15, 0.2) is 59.6 Å². The van der Waals surface area contributed by atoms with Crippen LogP contribution in [0.3, 0.4) is 0 Å². The summed E-state index contributed by atoms with van der Waals surface area (Å²) in [6.07, 6.45) is 0. The summed E-state index contributed by atoms with van der Waals surface area (Å²) in [5, 5.41) is 3.48. The molecule has 3 rings (SSSR count). The Morgan fingerprint density at radius 1 is 0.964 bits per heavy atom. The maximum Gasteiger partial charge on any atom is 0.194 e. The molecule has 28 heavy (non-hydrogen) atoms. The minimum absolute atomic E-state index is 0.565. The molecule has 0 bridgehead atoms. The number of anilines is 1. The van der Waals surface area contributed by atoms with Crippen LogP contribution in [0, 0.1) is 0 Å². The Morgan fingerprint density at radius 2 is 1.68 bits per heavy atom. The molecule has 2 aromatic rings. The molecule has 1 fully saturated rings. The fourth-order valence-electron chi connectivity index (χ4n) is 3.28. The molecule has 0 radical (unpaired) electrons. The molecule has 1 saturated heterocycles. The number of para-hydroxylation sites is 1. The van der Waals surface area contributed by atoms with Gasteiger partial charge in [0.05, 0.1) is 6.61 Å². The third kappa shape index (κ3) is 5.63. The number of hydrogen-bond donors (Lipinski definition) is 1. The van der Waals surface area contributed by atoms with Crippen molar-refractivity contribution in [1.29, 1.82) is 0 Å². The average molecular weight is 383 g/mol. The Bertz CT molecular complexity index is 726. The van der Waals surface area contributed by atoms with Crippen molar-refractivity contribution >= 4 is 11.6 Å². The first kappa shape index (κ1) is 20.0. The Morgan fingerprint density at radius 3 is 2.32 bits per heavy atom. The molecule has 0 amide bonds. The number of methoxy groups -OCH3 is 1. The molecule has 0 spiro atoms. The van der Waals surface area contributed by atoms with E-state index in [1.54, 1.807) is 7.11 Å². The van der Waals surface area contributed by atoms with Crippen LogP contribution in [-0.4, -0.2) is 64.4 Å². The first-order valence-electron chi connectivity index (χ1n) is 9.76. The van der Waals surface area contributed by atoms with Crippen molar-refractivity contribution in [3.63, 3.8) is 0 Å². The summed E-state index contributed by atoms with van der Waals surface area (Å²) in [6, 6.07) is 18.7. The minimum atomic E-state index is 0.565.